The number of hydrogen-bond donors (Lipinski definition) is 4. The Morgan fingerprint density at radius 2 is 0.717 bits per heavy atom. The first-order valence-electron chi connectivity index (χ1n) is 23.8. The molecule has 0 fully saturated rings. The normalized spacial score (nSPS) is 11.9. The molecule has 0 saturated heterocycles. The molecule has 358 valence electrons. The fourth-order valence-electron chi connectivity index (χ4n) is 6.45. The summed E-state index contributed by atoms with van der Waals surface area (Å²) in [6, 6.07) is 0. The molecule has 0 aliphatic rings. The molecule has 5 N–H and O–H groups in total. The van der Waals surface area contributed by atoms with E-state index in [0.717, 1.165) is 26.1 Å². The van der Waals surface area contributed by atoms with Gasteiger partial charge in [0.05, 0.1) is 0 Å². The second-order valence-electron chi connectivity index (χ2n) is 15.9. The maximum absolute atomic E-state index is 10.6. The largest absolute Gasteiger partial charge is 0.490 e. The summed E-state index contributed by atoms with van der Waals surface area (Å²) >= 11 is 0. The van der Waals surface area contributed by atoms with Crippen molar-refractivity contribution < 1.29 is 46.1 Å². The van der Waals surface area contributed by atoms with E-state index in [4.69, 9.17) is 25.5 Å². The zero-order chi connectivity index (χ0) is 45.4. The zero-order valence-corrected chi connectivity index (χ0v) is 38.0. The molecule has 0 radical (unpaired) electrons. The van der Waals surface area contributed by atoms with Crippen LogP contribution in [-0.4, -0.2) is 78.7 Å². The van der Waals surface area contributed by atoms with Crippen molar-refractivity contribution in [1.29, 1.82) is 0 Å². The average Bonchev–Trinajstić information content (AvgIpc) is 3.19. The van der Waals surface area contributed by atoms with Crippen molar-refractivity contribution in [2.75, 3.05) is 39.3 Å². The first kappa shape index (κ1) is 62.2. The van der Waals surface area contributed by atoms with Crippen LogP contribution in [0.15, 0.2) is 24.3 Å². The first-order valence-corrected chi connectivity index (χ1v) is 23.8. The first-order chi connectivity index (χ1) is 28.7. The summed E-state index contributed by atoms with van der Waals surface area (Å²) in [5, 5.41) is 17.9. The third-order valence-electron chi connectivity index (χ3n) is 10.1. The van der Waals surface area contributed by atoms with Gasteiger partial charge in [-0.25, -0.2) is 9.59 Å². The molecule has 0 rings (SSSR count). The third-order valence-corrected chi connectivity index (χ3v) is 10.1. The number of halogens is 6. The molecule has 0 aliphatic carbocycles. The number of alkyl halides is 6. The fourth-order valence-corrected chi connectivity index (χ4v) is 6.45. The minimum atomic E-state index is -5.08. The summed E-state index contributed by atoms with van der Waals surface area (Å²) in [6.07, 6.45) is 42.2. The number of rotatable bonds is 40. The molecule has 0 aliphatic heterocycles. The van der Waals surface area contributed by atoms with Crippen LogP contribution in [-0.2, 0) is 9.59 Å². The van der Waals surface area contributed by atoms with Crippen LogP contribution in [0.25, 0.3) is 0 Å². The number of hydrogen-bond acceptors (Lipinski definition) is 5. The summed E-state index contributed by atoms with van der Waals surface area (Å²) in [4.78, 5) is 20.6. The van der Waals surface area contributed by atoms with Gasteiger partial charge in [-0.1, -0.05) is 154 Å². The Hall–Kier alpha value is -2.12. The molecular formula is C47H89F6N3O4. The van der Waals surface area contributed by atoms with Gasteiger partial charge in [0.1, 0.15) is 0 Å². The monoisotopic (exact) mass is 874 g/mol. The second-order valence-corrected chi connectivity index (χ2v) is 15.9. The second kappa shape index (κ2) is 47.9. The number of nitrogens with zero attached hydrogens (tertiary/aromatic N) is 1. The summed E-state index contributed by atoms with van der Waals surface area (Å²) in [7, 11) is 0. The van der Waals surface area contributed by atoms with E-state index in [-0.39, 0.29) is 0 Å². The van der Waals surface area contributed by atoms with Gasteiger partial charge in [-0.2, -0.15) is 26.3 Å². The fraction of sp³-hybridized carbons (Fsp3) is 0.872. The van der Waals surface area contributed by atoms with Gasteiger partial charge < -0.3 is 26.2 Å². The van der Waals surface area contributed by atoms with Crippen LogP contribution in [0.4, 0.5) is 26.3 Å². The summed E-state index contributed by atoms with van der Waals surface area (Å²) < 4.78 is 63.5. The Morgan fingerprint density at radius 3 is 1.02 bits per heavy atom. The highest BCUT2D eigenvalue weighted by molar-refractivity contribution is 5.73. The Morgan fingerprint density at radius 1 is 0.450 bits per heavy atom. The summed E-state index contributed by atoms with van der Waals surface area (Å²) in [6.45, 7) is 11.6. The van der Waals surface area contributed by atoms with Crippen molar-refractivity contribution in [2.45, 2.75) is 225 Å². The minimum absolute atomic E-state index is 0.822. The SMILES string of the molecule is CCCCCCCC/C=C\CCCCCCCCN(CCCCCCCC/C=C\CCCCCCCC)CCCNCCCCN.O=C(O)C(F)(F)F.O=C(O)C(F)(F)F. The third kappa shape index (κ3) is 55.9. The van der Waals surface area contributed by atoms with Gasteiger partial charge in [0.25, 0.3) is 0 Å². The highest BCUT2D eigenvalue weighted by Gasteiger charge is 2.38. The standard InChI is InChI=1S/C43H87N3.2C2HF3O2/c1-3-5-7-9-11-13-15-17-19-21-23-25-27-29-31-35-41-46(43-37-40-45-39-34-33-38-44)42-36-32-30-28-26-24-22-20-18-16-14-12-10-8-6-4-2;2*3-2(4,5)1(6)7/h17-20,45H,3-16,21-44H2,1-2H3;2*(H,6,7)/b19-17-,20-18-;;. The summed E-state index contributed by atoms with van der Waals surface area (Å²) in [5.74, 6) is -5.51. The smallest absolute Gasteiger partial charge is 0.475 e. The van der Waals surface area contributed by atoms with Gasteiger partial charge in [0.15, 0.2) is 0 Å². The van der Waals surface area contributed by atoms with Crippen molar-refractivity contribution in [2.24, 2.45) is 5.73 Å². The van der Waals surface area contributed by atoms with Crippen LogP contribution in [0, 0.1) is 0 Å². The average molecular weight is 874 g/mol. The van der Waals surface area contributed by atoms with Crippen LogP contribution in [0.2, 0.25) is 0 Å². The predicted octanol–water partition coefficient (Wildman–Crippen LogP) is 14.3. The summed E-state index contributed by atoms with van der Waals surface area (Å²) in [5.41, 5.74) is 5.64. The topological polar surface area (TPSA) is 116 Å². The Balaban J connectivity index is -0.00000196. The molecule has 0 atom stereocenters. The number of aliphatic carboxylic acids is 2. The van der Waals surface area contributed by atoms with Crippen LogP contribution in [0.5, 0.6) is 0 Å². The maximum atomic E-state index is 10.6. The van der Waals surface area contributed by atoms with E-state index in [1.165, 1.54) is 212 Å². The van der Waals surface area contributed by atoms with Crippen molar-refractivity contribution in [3.8, 4) is 0 Å². The van der Waals surface area contributed by atoms with E-state index in [2.05, 4.69) is 48.4 Å². The number of carbonyl (C=O) groups is 2. The van der Waals surface area contributed by atoms with Gasteiger partial charge in [-0.05, 0) is 123 Å². The molecular weight excluding hydrogens is 785 g/mol. The molecule has 13 heteroatoms. The quantitative estimate of drug-likeness (QED) is 0.0275. The maximum Gasteiger partial charge on any atom is 0.490 e. The lowest BCUT2D eigenvalue weighted by atomic mass is 10.1. The molecule has 0 aromatic rings. The van der Waals surface area contributed by atoms with Crippen LogP contribution in [0.3, 0.4) is 0 Å². The molecule has 0 saturated carbocycles. The number of carboxylic acid groups (broad SMARTS) is 2. The van der Waals surface area contributed by atoms with E-state index >= 15 is 0 Å². The highest BCUT2D eigenvalue weighted by Crippen LogP contribution is 2.15. The van der Waals surface area contributed by atoms with E-state index in [1.807, 2.05) is 0 Å². The van der Waals surface area contributed by atoms with Gasteiger partial charge in [-0.15, -0.1) is 0 Å². The number of nitrogens with two attached hydrogens (primary N) is 1. The molecule has 0 spiro atoms. The van der Waals surface area contributed by atoms with Gasteiger partial charge >= 0.3 is 24.3 Å². The van der Waals surface area contributed by atoms with E-state index < -0.39 is 24.3 Å². The number of allylic oxidation sites excluding steroid dienone is 4. The van der Waals surface area contributed by atoms with Gasteiger partial charge in [0, 0.05) is 0 Å². The Kier molecular flexibility index (Phi) is 49.7. The molecule has 60 heavy (non-hydrogen) atoms. The van der Waals surface area contributed by atoms with Crippen molar-refractivity contribution in [1.82, 2.24) is 10.2 Å². The van der Waals surface area contributed by atoms with E-state index in [9.17, 15) is 26.3 Å². The van der Waals surface area contributed by atoms with Crippen LogP contribution in [0.1, 0.15) is 213 Å². The lowest BCUT2D eigenvalue weighted by Gasteiger charge is -2.22. The highest BCUT2D eigenvalue weighted by atomic mass is 19.4. The van der Waals surface area contributed by atoms with Gasteiger partial charge in [0.2, 0.25) is 0 Å². The minimum Gasteiger partial charge on any atom is -0.475 e. The number of nitrogens with one attached hydrogen (secondary N) is 1. The number of unbranched alkanes of at least 4 members (excludes halogenated alkanes) is 25. The van der Waals surface area contributed by atoms with Gasteiger partial charge in [-0.3, -0.25) is 0 Å². The Labute approximate surface area is 362 Å². The van der Waals surface area contributed by atoms with E-state index in [1.54, 1.807) is 0 Å². The predicted molar refractivity (Wildman–Crippen MR) is 239 cm³/mol. The van der Waals surface area contributed by atoms with Crippen LogP contribution >= 0.6 is 0 Å². The zero-order valence-electron chi connectivity index (χ0n) is 38.0. The molecule has 0 aromatic carbocycles. The molecule has 0 heterocycles. The molecule has 0 unspecified atom stereocenters. The van der Waals surface area contributed by atoms with Crippen molar-refractivity contribution >= 4 is 11.9 Å². The lowest BCUT2D eigenvalue weighted by molar-refractivity contribution is -0.193. The van der Waals surface area contributed by atoms with Crippen molar-refractivity contribution in [3.05, 3.63) is 24.3 Å². The van der Waals surface area contributed by atoms with Crippen molar-refractivity contribution in [3.63, 3.8) is 0 Å². The van der Waals surface area contributed by atoms with E-state index in [0.29, 0.717) is 0 Å². The Bertz CT molecular complexity index is 898. The molecule has 7 nitrogen and oxygen atoms in total. The molecule has 0 aromatic heterocycles. The molecule has 0 amide bonds. The molecule has 0 bridgehead atoms. The number of carboxylic acids is 2. The lowest BCUT2D eigenvalue weighted by Crippen LogP contribution is -2.30. The van der Waals surface area contributed by atoms with Crippen LogP contribution < -0.4 is 11.1 Å².